The highest BCUT2D eigenvalue weighted by atomic mass is 15.1. The van der Waals surface area contributed by atoms with Gasteiger partial charge in [-0.2, -0.15) is 0 Å². The molecule has 0 spiro atoms. The number of para-hydroxylation sites is 3. The summed E-state index contributed by atoms with van der Waals surface area (Å²) in [5.41, 5.74) is 35.9. The Morgan fingerprint density at radius 1 is 0.267 bits per heavy atom. The molecule has 6 nitrogen and oxygen atoms in total. The summed E-state index contributed by atoms with van der Waals surface area (Å²) in [7, 11) is 0. The third-order valence-electron chi connectivity index (χ3n) is 21.4. The van der Waals surface area contributed by atoms with Crippen LogP contribution in [-0.2, 0) is 5.41 Å². The van der Waals surface area contributed by atoms with Gasteiger partial charge in [0.05, 0.1) is 33.5 Å². The molecule has 101 heavy (non-hydrogen) atoms. The van der Waals surface area contributed by atoms with Gasteiger partial charge in [0.1, 0.15) is 0 Å². The number of nitrogens with zero attached hydrogens (tertiary/aromatic N) is 6. The second kappa shape index (κ2) is 23.0. The quantitative estimate of drug-likeness (QED) is 0.152. The lowest BCUT2D eigenvalue weighted by Crippen LogP contribution is -2.16. The Bertz CT molecular complexity index is 6270. The summed E-state index contributed by atoms with van der Waals surface area (Å²) in [5.74, 6) is 0. The van der Waals surface area contributed by atoms with Crippen molar-refractivity contribution in [2.24, 2.45) is 0 Å². The molecule has 0 amide bonds. The predicted molar refractivity (Wildman–Crippen MR) is 419 cm³/mol. The van der Waals surface area contributed by atoms with Crippen LogP contribution in [0.4, 0.5) is 17.1 Å². The normalized spacial score (nSPS) is 12.5. The van der Waals surface area contributed by atoms with E-state index in [9.17, 15) is 0 Å². The third-order valence-corrected chi connectivity index (χ3v) is 21.4. The van der Waals surface area contributed by atoms with Crippen LogP contribution in [0.3, 0.4) is 0 Å². The van der Waals surface area contributed by atoms with Crippen LogP contribution in [-0.4, -0.2) is 23.7 Å². The monoisotopic (exact) mass is 1290 g/mol. The topological polar surface area (TPSA) is 43.8 Å². The molecule has 0 bridgehead atoms. The van der Waals surface area contributed by atoms with E-state index in [4.69, 9.17) is 9.97 Å². The lowest BCUT2D eigenvalue weighted by Gasteiger charge is -2.28. The highest BCUT2D eigenvalue weighted by Gasteiger charge is 2.36. The van der Waals surface area contributed by atoms with E-state index in [1.165, 1.54) is 138 Å². The van der Waals surface area contributed by atoms with Gasteiger partial charge in [0.25, 0.3) is 0 Å². The van der Waals surface area contributed by atoms with Crippen LogP contribution < -0.4 is 4.90 Å². The van der Waals surface area contributed by atoms with Crippen molar-refractivity contribution in [3.05, 3.63) is 363 Å². The SMILES string of the molecule is CC1(C)c2ccccc2-c2ccc(N(c3ccccc3)c3ccc(-c4ccc(-n5cc6c7c(cccc75)-c5ccccc5-c5cccnc5-6)cc4)cc3)cc21.c1ccc2c(c1)-c1cccnc1-c1cn(-c3ccc(-c4ccc(-n5c6ccccc6c6ccccc65)cc4)cc3)c3cccc-2c13. The number of benzene rings is 13. The van der Waals surface area contributed by atoms with Crippen LogP contribution in [0.5, 0.6) is 0 Å². The van der Waals surface area contributed by atoms with Crippen molar-refractivity contribution in [1.29, 1.82) is 0 Å². The zero-order chi connectivity index (χ0) is 66.9. The molecule has 3 aliphatic rings. The van der Waals surface area contributed by atoms with E-state index in [1.807, 2.05) is 24.5 Å². The van der Waals surface area contributed by atoms with Crippen LogP contribution >= 0.6 is 0 Å². The third kappa shape index (κ3) is 9.19. The molecule has 5 heterocycles. The van der Waals surface area contributed by atoms with Gasteiger partial charge in [-0.3, -0.25) is 9.97 Å². The fourth-order valence-electron chi connectivity index (χ4n) is 16.7. The van der Waals surface area contributed by atoms with Gasteiger partial charge in [0.2, 0.25) is 0 Å². The van der Waals surface area contributed by atoms with Gasteiger partial charge >= 0.3 is 0 Å². The average Bonchev–Trinajstić information content (AvgIpc) is 1.63. The van der Waals surface area contributed by atoms with E-state index < -0.39 is 0 Å². The summed E-state index contributed by atoms with van der Waals surface area (Å²) in [6.45, 7) is 4.69. The molecule has 474 valence electrons. The Balaban J connectivity index is 0.000000138. The summed E-state index contributed by atoms with van der Waals surface area (Å²) >= 11 is 0. The van der Waals surface area contributed by atoms with Gasteiger partial charge in [-0.15, -0.1) is 0 Å². The number of hydrogen-bond donors (Lipinski definition) is 0. The Morgan fingerprint density at radius 2 is 0.644 bits per heavy atom. The fraction of sp³-hybridized carbons (Fsp3) is 0.0316. The van der Waals surface area contributed by atoms with Crippen molar-refractivity contribution < 1.29 is 0 Å². The highest BCUT2D eigenvalue weighted by Crippen LogP contribution is 2.53. The van der Waals surface area contributed by atoms with Gasteiger partial charge in [0, 0.05) is 108 Å². The van der Waals surface area contributed by atoms with Crippen LogP contribution in [0.15, 0.2) is 352 Å². The van der Waals surface area contributed by atoms with E-state index in [2.05, 4.69) is 360 Å². The molecule has 0 saturated carbocycles. The second-order valence-corrected chi connectivity index (χ2v) is 27.2. The number of anilines is 3. The van der Waals surface area contributed by atoms with Crippen molar-refractivity contribution >= 4 is 60.7 Å². The van der Waals surface area contributed by atoms with Crippen molar-refractivity contribution in [2.45, 2.75) is 19.3 Å². The van der Waals surface area contributed by atoms with Gasteiger partial charge in [-0.25, -0.2) is 0 Å². The van der Waals surface area contributed by atoms with E-state index in [0.29, 0.717) is 0 Å². The molecule has 0 radical (unpaired) electrons. The first kappa shape index (κ1) is 58.0. The summed E-state index contributed by atoms with van der Waals surface area (Å²) in [4.78, 5) is 12.2. The van der Waals surface area contributed by atoms with E-state index >= 15 is 0 Å². The molecule has 0 unspecified atom stereocenters. The summed E-state index contributed by atoms with van der Waals surface area (Å²) in [6.07, 6.45) is 8.34. The summed E-state index contributed by atoms with van der Waals surface area (Å²) in [5, 5.41) is 5.05. The average molecular weight is 1290 g/mol. The molecule has 18 aromatic rings. The molecular formula is C95H64N6. The Kier molecular flexibility index (Phi) is 13.2. The maximum absolute atomic E-state index is 4.93. The first-order chi connectivity index (χ1) is 49.9. The largest absolute Gasteiger partial charge is 0.316 e. The number of fused-ring (bicyclic) bond motifs is 16. The molecular weight excluding hydrogens is 1230 g/mol. The van der Waals surface area contributed by atoms with Gasteiger partial charge in [-0.1, -0.05) is 232 Å². The van der Waals surface area contributed by atoms with Crippen LogP contribution in [0.2, 0.25) is 0 Å². The standard InChI is InChI=1S/C52H37N3.C43H27N3/c1-52(2)47-19-9-8-16-42(47)43-30-29-39(32-48(43)52)55(37-12-4-3-5-13-37)38-27-23-35(24-28-38)34-21-25-36(26-22-34)54-33-46-50-44(17-10-20-49(50)54)40-14-6-7-15-41(40)45-18-11-31-53-51(45)46;1-2-10-33-32(9-1)36-13-7-17-41-42(36)38(43-37(33)14-8-26-44-43)27-45(41)30-22-18-28(19-23-30)29-20-24-31(25-21-29)46-39-15-5-3-11-34(39)35-12-4-6-16-40(35)46/h3-33H,1-2H3;1-27H. The molecule has 13 aromatic carbocycles. The second-order valence-electron chi connectivity index (χ2n) is 27.2. The number of hydrogen-bond acceptors (Lipinski definition) is 3. The molecule has 3 aliphatic carbocycles. The summed E-state index contributed by atoms with van der Waals surface area (Å²) < 4.78 is 7.00. The maximum atomic E-state index is 4.93. The Morgan fingerprint density at radius 3 is 1.16 bits per heavy atom. The van der Waals surface area contributed by atoms with Crippen molar-refractivity contribution in [3.8, 4) is 117 Å². The Hall–Kier alpha value is -13.2. The molecule has 0 atom stereocenters. The summed E-state index contributed by atoms with van der Waals surface area (Å²) in [6, 6.07) is 119. The lowest BCUT2D eigenvalue weighted by molar-refractivity contribution is 0.660. The first-order valence-electron chi connectivity index (χ1n) is 34.8. The number of aromatic nitrogens is 5. The smallest absolute Gasteiger partial charge is 0.0802 e. The molecule has 0 saturated heterocycles. The first-order valence-corrected chi connectivity index (χ1v) is 34.8. The van der Waals surface area contributed by atoms with E-state index in [1.54, 1.807) is 0 Å². The van der Waals surface area contributed by atoms with Crippen molar-refractivity contribution in [2.75, 3.05) is 4.90 Å². The predicted octanol–water partition coefficient (Wildman–Crippen LogP) is 24.9. The lowest BCUT2D eigenvalue weighted by atomic mass is 9.82. The molecule has 0 fully saturated rings. The molecule has 0 aliphatic heterocycles. The van der Waals surface area contributed by atoms with Crippen LogP contribution in [0.1, 0.15) is 25.0 Å². The van der Waals surface area contributed by atoms with Crippen molar-refractivity contribution in [3.63, 3.8) is 0 Å². The number of pyridine rings is 2. The number of rotatable bonds is 8. The van der Waals surface area contributed by atoms with Crippen molar-refractivity contribution in [1.82, 2.24) is 23.7 Å². The van der Waals surface area contributed by atoms with Gasteiger partial charge in [-0.05, 0) is 187 Å². The van der Waals surface area contributed by atoms with Gasteiger partial charge < -0.3 is 18.6 Å². The fourth-order valence-corrected chi connectivity index (χ4v) is 16.7. The molecule has 0 N–H and O–H groups in total. The minimum absolute atomic E-state index is 0.0700. The molecule has 21 rings (SSSR count). The van der Waals surface area contributed by atoms with E-state index in [-0.39, 0.29) is 5.41 Å². The zero-order valence-electron chi connectivity index (χ0n) is 55.7. The highest BCUT2D eigenvalue weighted by molar-refractivity contribution is 6.15. The minimum Gasteiger partial charge on any atom is -0.316 e. The van der Waals surface area contributed by atoms with E-state index in [0.717, 1.165) is 51.1 Å². The molecule has 6 heteroatoms. The maximum Gasteiger partial charge on any atom is 0.0802 e. The van der Waals surface area contributed by atoms with Gasteiger partial charge in [0.15, 0.2) is 0 Å². The van der Waals surface area contributed by atoms with Crippen LogP contribution in [0.25, 0.3) is 161 Å². The Labute approximate surface area is 585 Å². The van der Waals surface area contributed by atoms with Crippen LogP contribution in [0, 0.1) is 0 Å². The minimum atomic E-state index is -0.0700. The molecule has 5 aromatic heterocycles. The zero-order valence-corrected chi connectivity index (χ0v) is 55.7.